The highest BCUT2D eigenvalue weighted by molar-refractivity contribution is 8.00. The lowest BCUT2D eigenvalue weighted by atomic mass is 10.2. The van der Waals surface area contributed by atoms with Crippen LogP contribution in [0.2, 0.25) is 0 Å². The summed E-state index contributed by atoms with van der Waals surface area (Å²) in [4.78, 5) is 11.4. The maximum Gasteiger partial charge on any atom is 0.318 e. The molecule has 1 aromatic carbocycles. The van der Waals surface area contributed by atoms with Crippen molar-refractivity contribution >= 4 is 17.7 Å². The van der Waals surface area contributed by atoms with Crippen LogP contribution in [0.25, 0.3) is 5.69 Å². The van der Waals surface area contributed by atoms with Crippen molar-refractivity contribution < 1.29 is 9.53 Å². The Bertz CT molecular complexity index is 585. The van der Waals surface area contributed by atoms with Gasteiger partial charge in [0.1, 0.15) is 5.25 Å². The highest BCUT2D eigenvalue weighted by Gasteiger charge is 2.19. The zero-order chi connectivity index (χ0) is 13.8. The summed E-state index contributed by atoms with van der Waals surface area (Å²) < 4.78 is 6.30. The van der Waals surface area contributed by atoms with Crippen molar-refractivity contribution in [3.8, 4) is 5.69 Å². The molecule has 19 heavy (non-hydrogen) atoms. The minimum Gasteiger partial charge on any atom is -0.468 e. The number of thioether (sulfide) groups is 1. The van der Waals surface area contributed by atoms with Gasteiger partial charge in [0.05, 0.1) is 12.8 Å². The Morgan fingerprint density at radius 1 is 1.47 bits per heavy atom. The molecular weight excluding hydrogens is 264 g/mol. The highest BCUT2D eigenvalue weighted by atomic mass is 32.2. The Hall–Kier alpha value is -1.89. The number of tetrazole rings is 1. The van der Waals surface area contributed by atoms with Gasteiger partial charge in [-0.3, -0.25) is 4.79 Å². The van der Waals surface area contributed by atoms with E-state index in [1.54, 1.807) is 11.6 Å². The molecule has 1 unspecified atom stereocenters. The largest absolute Gasteiger partial charge is 0.468 e. The van der Waals surface area contributed by atoms with E-state index in [0.717, 1.165) is 11.3 Å². The molecule has 0 aliphatic carbocycles. The second kappa shape index (κ2) is 5.83. The molecule has 0 aliphatic rings. The third kappa shape index (κ3) is 3.11. The van der Waals surface area contributed by atoms with E-state index in [1.807, 2.05) is 31.2 Å². The van der Waals surface area contributed by atoms with Crippen LogP contribution in [0.3, 0.4) is 0 Å². The Kier molecular flexibility index (Phi) is 4.16. The minimum absolute atomic E-state index is 0.302. The van der Waals surface area contributed by atoms with E-state index in [1.165, 1.54) is 18.9 Å². The smallest absolute Gasteiger partial charge is 0.318 e. The molecule has 100 valence electrons. The van der Waals surface area contributed by atoms with Crippen LogP contribution in [-0.4, -0.2) is 38.5 Å². The maximum absolute atomic E-state index is 11.4. The summed E-state index contributed by atoms with van der Waals surface area (Å²) in [6.45, 7) is 3.75. The standard InChI is InChI=1S/C12H14N4O2S/c1-8-5-4-6-10(7-8)16-12(13-14-15-16)19-9(2)11(17)18-3/h4-7,9H,1-3H3. The summed E-state index contributed by atoms with van der Waals surface area (Å²) in [5.41, 5.74) is 1.98. The fourth-order valence-corrected chi connectivity index (χ4v) is 2.38. The summed E-state index contributed by atoms with van der Waals surface area (Å²) in [6, 6.07) is 7.82. The third-order valence-electron chi connectivity index (χ3n) is 2.50. The molecule has 0 saturated carbocycles. The Balaban J connectivity index is 2.25. The molecule has 0 N–H and O–H groups in total. The van der Waals surface area contributed by atoms with E-state index >= 15 is 0 Å². The molecule has 0 amide bonds. The maximum atomic E-state index is 11.4. The van der Waals surface area contributed by atoms with Crippen molar-refractivity contribution in [2.75, 3.05) is 7.11 Å². The molecule has 0 aliphatic heterocycles. The molecular formula is C12H14N4O2S. The second-order valence-electron chi connectivity index (χ2n) is 4.00. The minimum atomic E-state index is -0.362. The van der Waals surface area contributed by atoms with Gasteiger partial charge in [-0.2, -0.15) is 4.68 Å². The van der Waals surface area contributed by atoms with E-state index in [2.05, 4.69) is 20.3 Å². The zero-order valence-electron chi connectivity index (χ0n) is 10.9. The lowest BCUT2D eigenvalue weighted by Crippen LogP contribution is -2.15. The Morgan fingerprint density at radius 3 is 2.95 bits per heavy atom. The van der Waals surface area contributed by atoms with Crippen LogP contribution in [0.1, 0.15) is 12.5 Å². The first-order valence-corrected chi connectivity index (χ1v) is 6.59. The van der Waals surface area contributed by atoms with E-state index in [9.17, 15) is 4.79 Å². The van der Waals surface area contributed by atoms with E-state index in [4.69, 9.17) is 0 Å². The van der Waals surface area contributed by atoms with Crippen LogP contribution in [0, 0.1) is 6.92 Å². The Morgan fingerprint density at radius 2 is 2.26 bits per heavy atom. The quantitative estimate of drug-likeness (QED) is 0.625. The summed E-state index contributed by atoms with van der Waals surface area (Å²) in [7, 11) is 1.36. The van der Waals surface area contributed by atoms with Crippen LogP contribution in [0.5, 0.6) is 0 Å². The first-order valence-electron chi connectivity index (χ1n) is 5.71. The monoisotopic (exact) mass is 278 g/mol. The van der Waals surface area contributed by atoms with Gasteiger partial charge < -0.3 is 4.74 Å². The van der Waals surface area contributed by atoms with Crippen LogP contribution in [0.15, 0.2) is 29.4 Å². The topological polar surface area (TPSA) is 69.9 Å². The number of carbonyl (C=O) groups excluding carboxylic acids is 1. The van der Waals surface area contributed by atoms with E-state index < -0.39 is 0 Å². The number of aromatic nitrogens is 4. The first kappa shape index (κ1) is 13.5. The number of benzene rings is 1. The molecule has 6 nitrogen and oxygen atoms in total. The van der Waals surface area contributed by atoms with Crippen molar-refractivity contribution in [3.63, 3.8) is 0 Å². The van der Waals surface area contributed by atoms with Crippen molar-refractivity contribution in [1.82, 2.24) is 20.2 Å². The molecule has 1 heterocycles. The Labute approximate surface area is 115 Å². The van der Waals surface area contributed by atoms with Gasteiger partial charge in [-0.05, 0) is 42.0 Å². The van der Waals surface area contributed by atoms with Crippen LogP contribution in [0.4, 0.5) is 0 Å². The number of carbonyl (C=O) groups is 1. The van der Waals surface area contributed by atoms with Crippen LogP contribution < -0.4 is 0 Å². The number of ether oxygens (including phenoxy) is 1. The molecule has 0 bridgehead atoms. The number of hydrogen-bond acceptors (Lipinski definition) is 6. The average molecular weight is 278 g/mol. The number of rotatable bonds is 4. The first-order chi connectivity index (χ1) is 9.11. The van der Waals surface area contributed by atoms with Gasteiger partial charge in [0.15, 0.2) is 0 Å². The molecule has 2 aromatic rings. The summed E-state index contributed by atoms with van der Waals surface area (Å²) in [6.07, 6.45) is 0. The average Bonchev–Trinajstić information content (AvgIpc) is 2.85. The lowest BCUT2D eigenvalue weighted by Gasteiger charge is -2.08. The zero-order valence-corrected chi connectivity index (χ0v) is 11.7. The fraction of sp³-hybridized carbons (Fsp3) is 0.333. The van der Waals surface area contributed by atoms with Gasteiger partial charge in [0.2, 0.25) is 5.16 Å². The van der Waals surface area contributed by atoms with Crippen molar-refractivity contribution in [3.05, 3.63) is 29.8 Å². The van der Waals surface area contributed by atoms with Crippen molar-refractivity contribution in [2.24, 2.45) is 0 Å². The predicted octanol–water partition coefficient (Wildman–Crippen LogP) is 1.62. The third-order valence-corrected chi connectivity index (χ3v) is 3.51. The van der Waals surface area contributed by atoms with Gasteiger partial charge in [-0.15, -0.1) is 5.10 Å². The molecule has 2 rings (SSSR count). The molecule has 0 saturated heterocycles. The molecule has 0 radical (unpaired) electrons. The normalized spacial score (nSPS) is 12.2. The number of nitrogens with zero attached hydrogens (tertiary/aromatic N) is 4. The molecule has 0 fully saturated rings. The van der Waals surface area contributed by atoms with E-state index in [-0.39, 0.29) is 11.2 Å². The van der Waals surface area contributed by atoms with Crippen LogP contribution >= 0.6 is 11.8 Å². The SMILES string of the molecule is COC(=O)C(C)Sc1nnnn1-c1cccc(C)c1. The summed E-state index contributed by atoms with van der Waals surface area (Å²) in [5.74, 6) is -0.302. The van der Waals surface area contributed by atoms with Gasteiger partial charge >= 0.3 is 5.97 Å². The molecule has 0 spiro atoms. The van der Waals surface area contributed by atoms with Crippen molar-refractivity contribution in [2.45, 2.75) is 24.3 Å². The molecule has 1 aromatic heterocycles. The summed E-state index contributed by atoms with van der Waals surface area (Å²) in [5, 5.41) is 11.7. The summed E-state index contributed by atoms with van der Waals surface area (Å²) >= 11 is 1.26. The lowest BCUT2D eigenvalue weighted by molar-refractivity contribution is -0.139. The van der Waals surface area contributed by atoms with E-state index in [0.29, 0.717) is 5.16 Å². The van der Waals surface area contributed by atoms with Gasteiger partial charge in [-0.1, -0.05) is 23.9 Å². The highest BCUT2D eigenvalue weighted by Crippen LogP contribution is 2.23. The van der Waals surface area contributed by atoms with Gasteiger partial charge in [0.25, 0.3) is 0 Å². The number of methoxy groups -OCH3 is 1. The number of hydrogen-bond donors (Lipinski definition) is 0. The number of esters is 1. The van der Waals surface area contributed by atoms with Gasteiger partial charge in [-0.25, -0.2) is 0 Å². The molecule has 7 heteroatoms. The van der Waals surface area contributed by atoms with Crippen molar-refractivity contribution in [1.29, 1.82) is 0 Å². The predicted molar refractivity (Wildman–Crippen MR) is 71.2 cm³/mol. The second-order valence-corrected chi connectivity index (χ2v) is 5.30. The fourth-order valence-electron chi connectivity index (χ4n) is 1.55. The number of aryl methyl sites for hydroxylation is 1. The van der Waals surface area contributed by atoms with Gasteiger partial charge in [0, 0.05) is 0 Å². The van der Waals surface area contributed by atoms with Crippen LogP contribution in [-0.2, 0) is 9.53 Å². The molecule has 1 atom stereocenters.